The maximum atomic E-state index is 13.3. The number of halogens is 7. The zero-order chi connectivity index (χ0) is 31.7. The first kappa shape index (κ1) is 35.5. The van der Waals surface area contributed by atoms with E-state index in [1.165, 1.54) is 18.2 Å². The second-order valence-corrected chi connectivity index (χ2v) is 10.9. The van der Waals surface area contributed by atoms with Crippen LogP contribution in [0.1, 0.15) is 35.1 Å². The molecule has 0 aliphatic heterocycles. The minimum atomic E-state index is -4.75. The Labute approximate surface area is 245 Å². The number of alkyl halides is 6. The van der Waals surface area contributed by atoms with E-state index < -0.39 is 58.7 Å². The molecule has 2 atom stereocenters. The minimum Gasteiger partial charge on any atom is -0.345 e. The van der Waals surface area contributed by atoms with Gasteiger partial charge in [-0.1, -0.05) is 29.8 Å². The van der Waals surface area contributed by atoms with Gasteiger partial charge in [0.05, 0.1) is 54.9 Å². The molecule has 1 amide bonds. The van der Waals surface area contributed by atoms with Crippen molar-refractivity contribution in [2.75, 3.05) is 39.8 Å². The first-order valence-corrected chi connectivity index (χ1v) is 13.7. The van der Waals surface area contributed by atoms with Crippen molar-refractivity contribution < 1.29 is 40.4 Å². The van der Waals surface area contributed by atoms with Crippen molar-refractivity contribution in [3.8, 4) is 0 Å². The van der Waals surface area contributed by atoms with Gasteiger partial charge in [-0.3, -0.25) is 9.59 Å². The largest absolute Gasteiger partial charge is 0.417 e. The molecule has 0 aliphatic carbocycles. The van der Waals surface area contributed by atoms with Crippen LogP contribution in [-0.4, -0.2) is 68.0 Å². The van der Waals surface area contributed by atoms with Gasteiger partial charge in [0.2, 0.25) is 5.91 Å². The number of amides is 1. The third-order valence-electron chi connectivity index (χ3n) is 7.03. The molecule has 0 aromatic heterocycles. The lowest BCUT2D eigenvalue weighted by Gasteiger charge is -2.34. The fourth-order valence-corrected chi connectivity index (χ4v) is 4.82. The summed E-state index contributed by atoms with van der Waals surface area (Å²) in [6.07, 6.45) is -9.19. The van der Waals surface area contributed by atoms with Crippen molar-refractivity contribution in [3.63, 3.8) is 0 Å². The average molecular weight is 625 g/mol. The lowest BCUT2D eigenvalue weighted by molar-refractivity contribution is -0.907. The SMILES string of the molecule is C[N+](CCN)(CCN)CCC[C@H](N)C(=O)N[C@H](Cc1ccc(C(F)(F)F)cc1)C(=O)Cc1ccc(Cl)c(C(F)(F)F)c1. The van der Waals surface area contributed by atoms with Crippen LogP contribution in [-0.2, 0) is 34.8 Å². The van der Waals surface area contributed by atoms with E-state index in [4.69, 9.17) is 28.8 Å². The molecule has 42 heavy (non-hydrogen) atoms. The summed E-state index contributed by atoms with van der Waals surface area (Å²) in [5, 5.41) is 2.02. The van der Waals surface area contributed by atoms with Gasteiger partial charge in [0.15, 0.2) is 5.78 Å². The van der Waals surface area contributed by atoms with E-state index in [1.807, 2.05) is 7.05 Å². The first-order valence-electron chi connectivity index (χ1n) is 13.3. The maximum Gasteiger partial charge on any atom is 0.417 e. The summed E-state index contributed by atoms with van der Waals surface area (Å²) in [6.45, 7) is 2.93. The molecule has 7 nitrogen and oxygen atoms in total. The van der Waals surface area contributed by atoms with Gasteiger partial charge >= 0.3 is 12.4 Å². The molecule has 2 rings (SSSR count). The Hall–Kier alpha value is -2.71. The molecule has 0 bridgehead atoms. The summed E-state index contributed by atoms with van der Waals surface area (Å²) in [4.78, 5) is 26.2. The monoisotopic (exact) mass is 624 g/mol. The first-order chi connectivity index (χ1) is 19.5. The molecule has 0 unspecified atom stereocenters. The molecule has 14 heteroatoms. The van der Waals surface area contributed by atoms with E-state index in [2.05, 4.69) is 5.32 Å². The predicted molar refractivity (Wildman–Crippen MR) is 148 cm³/mol. The summed E-state index contributed by atoms with van der Waals surface area (Å²) < 4.78 is 79.5. The topological polar surface area (TPSA) is 124 Å². The Kier molecular flexibility index (Phi) is 12.8. The van der Waals surface area contributed by atoms with E-state index in [-0.39, 0.29) is 18.4 Å². The summed E-state index contributed by atoms with van der Waals surface area (Å²) in [7, 11) is 1.99. The van der Waals surface area contributed by atoms with Gasteiger partial charge in [-0.2, -0.15) is 26.3 Å². The van der Waals surface area contributed by atoms with Gasteiger partial charge in [0.1, 0.15) is 0 Å². The summed E-state index contributed by atoms with van der Waals surface area (Å²) in [5.74, 6) is -1.32. The molecule has 2 aromatic rings. The molecular weight excluding hydrogens is 588 g/mol. The molecule has 0 fully saturated rings. The molecule has 0 radical (unpaired) electrons. The van der Waals surface area contributed by atoms with Crippen molar-refractivity contribution in [1.29, 1.82) is 0 Å². The van der Waals surface area contributed by atoms with Crippen molar-refractivity contribution >= 4 is 23.3 Å². The van der Waals surface area contributed by atoms with Crippen LogP contribution in [0.5, 0.6) is 0 Å². The fraction of sp³-hybridized carbons (Fsp3) is 0.500. The highest BCUT2D eigenvalue weighted by atomic mass is 35.5. The van der Waals surface area contributed by atoms with Crippen molar-refractivity contribution in [1.82, 2.24) is 5.32 Å². The third kappa shape index (κ3) is 10.8. The Morgan fingerprint density at radius 2 is 1.48 bits per heavy atom. The predicted octanol–water partition coefficient (Wildman–Crippen LogP) is 3.69. The molecule has 2 aromatic carbocycles. The number of benzene rings is 2. The van der Waals surface area contributed by atoms with Crippen molar-refractivity contribution in [2.24, 2.45) is 17.2 Å². The molecular formula is C28H37ClF6N5O2+. The smallest absolute Gasteiger partial charge is 0.345 e. The van der Waals surface area contributed by atoms with Crippen LogP contribution in [0, 0.1) is 0 Å². The van der Waals surface area contributed by atoms with E-state index in [0.717, 1.165) is 24.3 Å². The highest BCUT2D eigenvalue weighted by Gasteiger charge is 2.34. The van der Waals surface area contributed by atoms with E-state index >= 15 is 0 Å². The number of quaternary nitrogens is 1. The fourth-order valence-electron chi connectivity index (χ4n) is 4.60. The van der Waals surface area contributed by atoms with E-state index in [0.29, 0.717) is 49.2 Å². The number of carbonyl (C=O) groups is 2. The number of ketones is 1. The lowest BCUT2D eigenvalue weighted by atomic mass is 9.95. The zero-order valence-corrected chi connectivity index (χ0v) is 24.0. The van der Waals surface area contributed by atoms with Gasteiger partial charge in [-0.25, -0.2) is 0 Å². The highest BCUT2D eigenvalue weighted by molar-refractivity contribution is 6.31. The molecule has 234 valence electrons. The van der Waals surface area contributed by atoms with Crippen LogP contribution < -0.4 is 22.5 Å². The number of nitrogens with one attached hydrogen (secondary N) is 1. The normalized spacial score (nSPS) is 14.0. The molecule has 7 N–H and O–H groups in total. The number of nitrogens with zero attached hydrogens (tertiary/aromatic N) is 1. The Morgan fingerprint density at radius 3 is 2.00 bits per heavy atom. The standard InChI is InChI=1S/C28H36ClF6N5O2/c1-40(13-10-36,14-11-37)12-2-3-23(38)26(42)39-24(16-18-4-7-20(8-5-18)27(30,31)32)25(41)17-19-6-9-22(29)21(15-19)28(33,34)35/h4-9,15,23-24H,2-3,10-14,16-17,36-38H2,1H3/p+1/t23-,24+/m0/s1. The molecule has 0 aliphatic rings. The van der Waals surface area contributed by atoms with Crippen LogP contribution in [0.3, 0.4) is 0 Å². The molecule has 0 saturated heterocycles. The number of likely N-dealkylation sites (N-methyl/N-ethyl adjacent to an activating group) is 1. The van der Waals surface area contributed by atoms with Crippen LogP contribution >= 0.6 is 11.6 Å². The second kappa shape index (κ2) is 15.1. The van der Waals surface area contributed by atoms with Crippen LogP contribution in [0.2, 0.25) is 5.02 Å². The van der Waals surface area contributed by atoms with Gasteiger partial charge in [-0.15, -0.1) is 0 Å². The zero-order valence-electron chi connectivity index (χ0n) is 23.2. The number of carbonyl (C=O) groups excluding carboxylic acids is 2. The number of hydrogen-bond acceptors (Lipinski definition) is 5. The minimum absolute atomic E-state index is 0.00422. The summed E-state index contributed by atoms with van der Waals surface area (Å²) >= 11 is 5.67. The molecule has 0 spiro atoms. The lowest BCUT2D eigenvalue weighted by Crippen LogP contribution is -2.52. The van der Waals surface area contributed by atoms with E-state index in [9.17, 15) is 35.9 Å². The highest BCUT2D eigenvalue weighted by Crippen LogP contribution is 2.35. The Balaban J connectivity index is 2.21. The Morgan fingerprint density at radius 1 is 0.905 bits per heavy atom. The summed E-state index contributed by atoms with van der Waals surface area (Å²) in [6, 6.07) is 4.80. The third-order valence-corrected chi connectivity index (χ3v) is 7.36. The van der Waals surface area contributed by atoms with Crippen LogP contribution in [0.25, 0.3) is 0 Å². The van der Waals surface area contributed by atoms with E-state index in [1.54, 1.807) is 0 Å². The Bertz CT molecular complexity index is 1180. The van der Waals surface area contributed by atoms with Crippen LogP contribution in [0.15, 0.2) is 42.5 Å². The number of Topliss-reactive ketones (excluding diaryl/α,β-unsaturated/α-hetero) is 1. The van der Waals surface area contributed by atoms with Gasteiger partial charge in [0.25, 0.3) is 0 Å². The summed E-state index contributed by atoms with van der Waals surface area (Å²) in [5.41, 5.74) is 15.8. The van der Waals surface area contributed by atoms with Crippen LogP contribution in [0.4, 0.5) is 26.3 Å². The molecule has 0 saturated carbocycles. The van der Waals surface area contributed by atoms with Gasteiger partial charge in [0, 0.05) is 19.5 Å². The number of rotatable bonds is 15. The average Bonchev–Trinajstić information content (AvgIpc) is 2.88. The number of nitrogens with two attached hydrogens (primary N) is 3. The van der Waals surface area contributed by atoms with Gasteiger partial charge < -0.3 is 27.0 Å². The van der Waals surface area contributed by atoms with Gasteiger partial charge in [-0.05, 0) is 54.7 Å². The second-order valence-electron chi connectivity index (χ2n) is 10.5. The number of hydrogen-bond donors (Lipinski definition) is 4. The quantitative estimate of drug-likeness (QED) is 0.178. The van der Waals surface area contributed by atoms with Crippen molar-refractivity contribution in [3.05, 3.63) is 69.7 Å². The van der Waals surface area contributed by atoms with Crippen molar-refractivity contribution in [2.45, 2.75) is 50.1 Å². The molecule has 0 heterocycles. The maximum absolute atomic E-state index is 13.3.